The molecule has 0 saturated carbocycles. The second-order valence-electron chi connectivity index (χ2n) is 6.79. The number of anilines is 2. The van der Waals surface area contributed by atoms with E-state index in [0.29, 0.717) is 31.5 Å². The van der Waals surface area contributed by atoms with Gasteiger partial charge in [-0.05, 0) is 19.8 Å². The van der Waals surface area contributed by atoms with Gasteiger partial charge in [-0.15, -0.1) is 0 Å². The third-order valence-electron chi connectivity index (χ3n) is 4.81. The maximum Gasteiger partial charge on any atom is 0.251 e. The van der Waals surface area contributed by atoms with E-state index in [1.807, 2.05) is 23.9 Å². The topological polar surface area (TPSA) is 101 Å². The minimum absolute atomic E-state index is 0.0176. The minimum Gasteiger partial charge on any atom is -0.368 e. The number of carbonyl (C=O) groups is 1. The summed E-state index contributed by atoms with van der Waals surface area (Å²) in [7, 11) is 3.75. The zero-order valence-electron chi connectivity index (χ0n) is 15.2. The van der Waals surface area contributed by atoms with Crippen molar-refractivity contribution in [2.75, 3.05) is 57.5 Å². The van der Waals surface area contributed by atoms with Crippen LogP contribution in [0.15, 0.2) is 0 Å². The van der Waals surface area contributed by atoms with Crippen LogP contribution in [0.5, 0.6) is 0 Å². The molecule has 1 amide bonds. The number of amides is 1. The highest BCUT2D eigenvalue weighted by Gasteiger charge is 2.32. The van der Waals surface area contributed by atoms with Crippen molar-refractivity contribution in [3.63, 3.8) is 0 Å². The lowest BCUT2D eigenvalue weighted by atomic mass is 10.1. The molecule has 3 rings (SSSR count). The summed E-state index contributed by atoms with van der Waals surface area (Å²) in [6.45, 7) is 5.72. The van der Waals surface area contributed by atoms with Gasteiger partial charge in [-0.25, -0.2) is 0 Å². The highest BCUT2D eigenvalue weighted by atomic mass is 16.5. The van der Waals surface area contributed by atoms with E-state index in [-0.39, 0.29) is 24.0 Å². The van der Waals surface area contributed by atoms with E-state index in [2.05, 4.69) is 26.8 Å². The van der Waals surface area contributed by atoms with Crippen molar-refractivity contribution in [1.29, 1.82) is 0 Å². The average molecular weight is 349 g/mol. The lowest BCUT2D eigenvalue weighted by molar-refractivity contribution is -0.143. The molecule has 0 aromatic carbocycles. The quantitative estimate of drug-likeness (QED) is 0.804. The maximum atomic E-state index is 12.4. The van der Waals surface area contributed by atoms with Gasteiger partial charge in [0.1, 0.15) is 6.10 Å². The van der Waals surface area contributed by atoms with Crippen LogP contribution in [0.2, 0.25) is 0 Å². The molecule has 9 heteroatoms. The standard InChI is InChI=1S/C16H27N7O2/c1-11(13-18-15(17)20-16(19-13)21(2)3)22-6-8-23(9-7-22)14(24)12-5-4-10-25-12/h11-12H,4-10H2,1-3H3,(H2,17,18,19,20)/t11-,12-/m0/s1. The summed E-state index contributed by atoms with van der Waals surface area (Å²) in [5.41, 5.74) is 5.82. The lowest BCUT2D eigenvalue weighted by Gasteiger charge is -2.38. The number of nitrogens with zero attached hydrogens (tertiary/aromatic N) is 6. The third kappa shape index (κ3) is 3.98. The molecule has 138 valence electrons. The average Bonchev–Trinajstić information content (AvgIpc) is 3.14. The molecular weight excluding hydrogens is 322 g/mol. The number of hydrogen-bond acceptors (Lipinski definition) is 8. The zero-order valence-corrected chi connectivity index (χ0v) is 15.2. The van der Waals surface area contributed by atoms with E-state index >= 15 is 0 Å². The zero-order chi connectivity index (χ0) is 18.0. The largest absolute Gasteiger partial charge is 0.368 e. The van der Waals surface area contributed by atoms with E-state index in [9.17, 15) is 4.79 Å². The van der Waals surface area contributed by atoms with Crippen molar-refractivity contribution in [2.45, 2.75) is 31.9 Å². The molecule has 0 spiro atoms. The van der Waals surface area contributed by atoms with E-state index < -0.39 is 0 Å². The molecule has 25 heavy (non-hydrogen) atoms. The Morgan fingerprint density at radius 1 is 1.24 bits per heavy atom. The number of hydrogen-bond donors (Lipinski definition) is 1. The second kappa shape index (κ2) is 7.49. The van der Waals surface area contributed by atoms with Gasteiger partial charge < -0.3 is 20.3 Å². The molecule has 9 nitrogen and oxygen atoms in total. The fourth-order valence-corrected chi connectivity index (χ4v) is 3.25. The monoisotopic (exact) mass is 349 g/mol. The van der Waals surface area contributed by atoms with Gasteiger partial charge in [-0.1, -0.05) is 0 Å². The van der Waals surface area contributed by atoms with Crippen LogP contribution in [-0.2, 0) is 9.53 Å². The first-order valence-corrected chi connectivity index (χ1v) is 8.79. The molecule has 2 fully saturated rings. The molecule has 2 aliphatic heterocycles. The van der Waals surface area contributed by atoms with E-state index in [0.717, 1.165) is 25.9 Å². The first kappa shape index (κ1) is 17.8. The van der Waals surface area contributed by atoms with Crippen LogP contribution in [0.25, 0.3) is 0 Å². The van der Waals surface area contributed by atoms with Crippen molar-refractivity contribution in [3.8, 4) is 0 Å². The van der Waals surface area contributed by atoms with E-state index in [4.69, 9.17) is 10.5 Å². The van der Waals surface area contributed by atoms with Crippen LogP contribution < -0.4 is 10.6 Å². The molecule has 3 heterocycles. The number of nitrogen functional groups attached to an aromatic ring is 1. The van der Waals surface area contributed by atoms with E-state index in [1.54, 1.807) is 0 Å². The Kier molecular flexibility index (Phi) is 5.33. The second-order valence-corrected chi connectivity index (χ2v) is 6.79. The van der Waals surface area contributed by atoms with Crippen LogP contribution in [-0.4, -0.2) is 83.6 Å². The summed E-state index contributed by atoms with van der Waals surface area (Å²) < 4.78 is 5.51. The van der Waals surface area contributed by atoms with Crippen LogP contribution in [0, 0.1) is 0 Å². The molecular formula is C16H27N7O2. The van der Waals surface area contributed by atoms with Gasteiger partial charge in [-0.2, -0.15) is 15.0 Å². The summed E-state index contributed by atoms with van der Waals surface area (Å²) in [6.07, 6.45) is 1.57. The fraction of sp³-hybridized carbons (Fsp3) is 0.750. The van der Waals surface area contributed by atoms with Gasteiger partial charge in [0.2, 0.25) is 11.9 Å². The molecule has 0 radical (unpaired) electrons. The van der Waals surface area contributed by atoms with Crippen molar-refractivity contribution < 1.29 is 9.53 Å². The van der Waals surface area contributed by atoms with Gasteiger partial charge in [0.25, 0.3) is 5.91 Å². The van der Waals surface area contributed by atoms with Crippen molar-refractivity contribution in [3.05, 3.63) is 5.82 Å². The number of ether oxygens (including phenoxy) is 1. The SMILES string of the molecule is C[C@@H](c1nc(N)nc(N(C)C)n1)N1CCN(C(=O)[C@@H]2CCCO2)CC1. The van der Waals surface area contributed by atoms with Crippen LogP contribution in [0.3, 0.4) is 0 Å². The molecule has 0 unspecified atom stereocenters. The summed E-state index contributed by atoms with van der Waals surface area (Å²) in [6, 6.07) is 0.0176. The first-order chi connectivity index (χ1) is 12.0. The van der Waals surface area contributed by atoms with Crippen LogP contribution in [0.4, 0.5) is 11.9 Å². The summed E-state index contributed by atoms with van der Waals surface area (Å²) in [5, 5.41) is 0. The molecule has 0 bridgehead atoms. The molecule has 1 aromatic heterocycles. The Balaban J connectivity index is 1.61. The molecule has 2 saturated heterocycles. The number of rotatable bonds is 4. The van der Waals surface area contributed by atoms with Crippen molar-refractivity contribution in [1.82, 2.24) is 24.8 Å². The highest BCUT2D eigenvalue weighted by Crippen LogP contribution is 2.22. The normalized spacial score (nSPS) is 22.8. The maximum absolute atomic E-state index is 12.4. The Bertz CT molecular complexity index is 611. The molecule has 1 aromatic rings. The fourth-order valence-electron chi connectivity index (χ4n) is 3.25. The minimum atomic E-state index is -0.241. The Morgan fingerprint density at radius 3 is 2.56 bits per heavy atom. The third-order valence-corrected chi connectivity index (χ3v) is 4.81. The predicted octanol–water partition coefficient (Wildman–Crippen LogP) is -0.0960. The van der Waals surface area contributed by atoms with Gasteiger partial charge in [0, 0.05) is 46.9 Å². The number of nitrogens with two attached hydrogens (primary N) is 1. The molecule has 0 aliphatic carbocycles. The smallest absolute Gasteiger partial charge is 0.251 e. The number of carbonyl (C=O) groups excluding carboxylic acids is 1. The van der Waals surface area contributed by atoms with Gasteiger partial charge >= 0.3 is 0 Å². The summed E-state index contributed by atoms with van der Waals surface area (Å²) in [5.74, 6) is 1.58. The number of piperazine rings is 1. The summed E-state index contributed by atoms with van der Waals surface area (Å²) >= 11 is 0. The van der Waals surface area contributed by atoms with E-state index in [1.165, 1.54) is 0 Å². The van der Waals surface area contributed by atoms with Gasteiger partial charge in [0.15, 0.2) is 5.82 Å². The Morgan fingerprint density at radius 2 is 1.96 bits per heavy atom. The van der Waals surface area contributed by atoms with Crippen LogP contribution in [0.1, 0.15) is 31.6 Å². The van der Waals surface area contributed by atoms with Crippen LogP contribution >= 0.6 is 0 Å². The lowest BCUT2D eigenvalue weighted by Crippen LogP contribution is -2.52. The molecule has 2 atom stereocenters. The van der Waals surface area contributed by atoms with Crippen molar-refractivity contribution in [2.24, 2.45) is 0 Å². The predicted molar refractivity (Wildman–Crippen MR) is 94.1 cm³/mol. The Labute approximate surface area is 148 Å². The van der Waals surface area contributed by atoms with Gasteiger partial charge in [0.05, 0.1) is 6.04 Å². The van der Waals surface area contributed by atoms with Gasteiger partial charge in [-0.3, -0.25) is 9.69 Å². The molecule has 2 aliphatic rings. The number of aromatic nitrogens is 3. The molecule has 2 N–H and O–H groups in total. The summed E-state index contributed by atoms with van der Waals surface area (Å²) in [4.78, 5) is 31.4. The first-order valence-electron chi connectivity index (χ1n) is 8.79. The highest BCUT2D eigenvalue weighted by molar-refractivity contribution is 5.81. The Hall–Kier alpha value is -2.00. The van der Waals surface area contributed by atoms with Crippen molar-refractivity contribution >= 4 is 17.8 Å².